The molecule has 1 heteroatoms. The normalized spacial score (nSPS) is 13.9. The first kappa shape index (κ1) is 38.7. The van der Waals surface area contributed by atoms with Gasteiger partial charge < -0.3 is 4.90 Å². The van der Waals surface area contributed by atoms with Crippen molar-refractivity contribution in [3.8, 4) is 44.5 Å². The maximum absolute atomic E-state index is 2.50. The molecule has 0 aromatic heterocycles. The summed E-state index contributed by atoms with van der Waals surface area (Å²) in [6, 6.07) is 86.3. The van der Waals surface area contributed by atoms with Crippen molar-refractivity contribution in [1.82, 2.24) is 0 Å². The van der Waals surface area contributed by atoms with Gasteiger partial charge in [-0.05, 0) is 166 Å². The van der Waals surface area contributed by atoms with Crippen LogP contribution in [0.25, 0.3) is 82.4 Å². The fourth-order valence-electron chi connectivity index (χ4n) is 12.4. The van der Waals surface area contributed by atoms with E-state index in [-0.39, 0.29) is 0 Å². The molecular weight excluding hydrogens is 819 g/mol. The average Bonchev–Trinajstić information content (AvgIpc) is 3.89. The molecule has 14 rings (SSSR count). The highest BCUT2D eigenvalue weighted by Crippen LogP contribution is 2.63. The SMILES string of the molecule is C1=CCCC(c2c(-c3ccccc3)cc(-c3ccccc3)c3c4ccccc4c4cc(N(c5ccccc5)c5ccc6c(c5)C5(c7ccccc7-c7ccccc75)c5ccccc5-6)ccc4c23)=C1. The highest BCUT2D eigenvalue weighted by atomic mass is 15.1. The van der Waals surface area contributed by atoms with E-state index in [0.29, 0.717) is 0 Å². The second kappa shape index (κ2) is 15.3. The van der Waals surface area contributed by atoms with Crippen molar-refractivity contribution in [3.05, 3.63) is 277 Å². The molecule has 11 aromatic rings. The Kier molecular flexibility index (Phi) is 8.70. The summed E-state index contributed by atoms with van der Waals surface area (Å²) in [5, 5.41) is 7.64. The predicted molar refractivity (Wildman–Crippen MR) is 287 cm³/mol. The lowest BCUT2D eigenvalue weighted by molar-refractivity contribution is 0.793. The van der Waals surface area contributed by atoms with E-state index in [2.05, 4.69) is 254 Å². The van der Waals surface area contributed by atoms with Crippen molar-refractivity contribution in [3.63, 3.8) is 0 Å². The number of rotatable bonds is 6. The van der Waals surface area contributed by atoms with Crippen molar-refractivity contribution in [2.24, 2.45) is 0 Å². The third-order valence-corrected chi connectivity index (χ3v) is 15.1. The number of hydrogen-bond donors (Lipinski definition) is 0. The van der Waals surface area contributed by atoms with E-state index in [1.54, 1.807) is 0 Å². The summed E-state index contributed by atoms with van der Waals surface area (Å²) in [6.07, 6.45) is 8.93. The molecule has 0 aliphatic heterocycles. The van der Waals surface area contributed by atoms with Crippen LogP contribution in [0.2, 0.25) is 0 Å². The highest BCUT2D eigenvalue weighted by molar-refractivity contribution is 6.32. The second-order valence-electron chi connectivity index (χ2n) is 18.6. The van der Waals surface area contributed by atoms with Gasteiger partial charge in [0.2, 0.25) is 0 Å². The van der Waals surface area contributed by atoms with Gasteiger partial charge in [-0.15, -0.1) is 0 Å². The van der Waals surface area contributed by atoms with Gasteiger partial charge in [0, 0.05) is 17.1 Å². The number of allylic oxidation sites excluding steroid dienone is 4. The van der Waals surface area contributed by atoms with Crippen molar-refractivity contribution in [1.29, 1.82) is 0 Å². The monoisotopic (exact) mass is 863 g/mol. The third kappa shape index (κ3) is 5.57. The molecule has 0 bridgehead atoms. The van der Waals surface area contributed by atoms with Crippen LogP contribution in [-0.2, 0) is 5.41 Å². The summed E-state index contributed by atoms with van der Waals surface area (Å²) in [7, 11) is 0. The summed E-state index contributed by atoms with van der Waals surface area (Å²) in [5.74, 6) is 0. The average molecular weight is 864 g/mol. The molecule has 0 fully saturated rings. The number of benzene rings is 11. The van der Waals surface area contributed by atoms with Gasteiger partial charge in [0.25, 0.3) is 0 Å². The Balaban J connectivity index is 1.07. The standard InChI is InChI=1S/C67H45N/c1-5-21-44(22-6-1)57-43-58(45-23-7-2-8-24-45)65-55-33-14-13-29-50(55)59-41-48(38-40-56(59)66(65)64(57)46-25-9-3-10-26-46)68(47-27-11-4-12-28-47)49-37-39-54-53-32-17-20-36-62(53)67(63(54)42-49)60-34-18-15-30-51(60)52-31-16-19-35-61(52)67/h1-9,11-25,27-43H,10,26H2. The van der Waals surface area contributed by atoms with Crippen LogP contribution in [0.4, 0.5) is 17.1 Å². The smallest absolute Gasteiger partial charge is 0.0726 e. The molecule has 0 radical (unpaired) electrons. The first-order chi connectivity index (χ1) is 33.8. The Labute approximate surface area is 397 Å². The van der Waals surface area contributed by atoms with Gasteiger partial charge in [-0.2, -0.15) is 0 Å². The fourth-order valence-corrected chi connectivity index (χ4v) is 12.4. The molecule has 1 spiro atoms. The van der Waals surface area contributed by atoms with Crippen LogP contribution in [0.15, 0.2) is 249 Å². The Hall–Kier alpha value is -8.52. The highest BCUT2D eigenvalue weighted by Gasteiger charge is 2.51. The maximum Gasteiger partial charge on any atom is 0.0726 e. The molecule has 68 heavy (non-hydrogen) atoms. The molecular formula is C67H45N. The summed E-state index contributed by atoms with van der Waals surface area (Å²) >= 11 is 0. The molecule has 0 atom stereocenters. The molecule has 0 heterocycles. The lowest BCUT2D eigenvalue weighted by atomic mass is 9.70. The van der Waals surface area contributed by atoms with Gasteiger partial charge in [0.05, 0.1) is 5.41 Å². The van der Waals surface area contributed by atoms with Crippen LogP contribution in [-0.4, -0.2) is 0 Å². The van der Waals surface area contributed by atoms with Crippen molar-refractivity contribution in [2.45, 2.75) is 18.3 Å². The van der Waals surface area contributed by atoms with Gasteiger partial charge in [-0.3, -0.25) is 0 Å². The Morgan fingerprint density at radius 2 is 0.853 bits per heavy atom. The van der Waals surface area contributed by atoms with Crippen molar-refractivity contribution >= 4 is 55.0 Å². The van der Waals surface area contributed by atoms with Gasteiger partial charge in [-0.25, -0.2) is 0 Å². The summed E-state index contributed by atoms with van der Waals surface area (Å²) in [6.45, 7) is 0. The second-order valence-corrected chi connectivity index (χ2v) is 18.6. The van der Waals surface area contributed by atoms with E-state index < -0.39 is 5.41 Å². The van der Waals surface area contributed by atoms with Gasteiger partial charge in [-0.1, -0.05) is 206 Å². The minimum Gasteiger partial charge on any atom is -0.310 e. The Morgan fingerprint density at radius 3 is 1.49 bits per heavy atom. The number of nitrogens with zero attached hydrogens (tertiary/aromatic N) is 1. The third-order valence-electron chi connectivity index (χ3n) is 15.1. The van der Waals surface area contributed by atoms with Crippen LogP contribution >= 0.6 is 0 Å². The van der Waals surface area contributed by atoms with Crippen LogP contribution in [0.1, 0.15) is 40.7 Å². The fraction of sp³-hybridized carbons (Fsp3) is 0.0448. The minimum absolute atomic E-state index is 0.442. The van der Waals surface area contributed by atoms with Crippen LogP contribution in [0, 0.1) is 0 Å². The minimum atomic E-state index is -0.442. The molecule has 0 N–H and O–H groups in total. The number of anilines is 3. The van der Waals surface area contributed by atoms with E-state index in [9.17, 15) is 0 Å². The van der Waals surface area contributed by atoms with Crippen LogP contribution in [0.5, 0.6) is 0 Å². The zero-order valence-corrected chi connectivity index (χ0v) is 37.5. The summed E-state index contributed by atoms with van der Waals surface area (Å²) < 4.78 is 0. The zero-order chi connectivity index (χ0) is 44.8. The molecule has 1 nitrogen and oxygen atoms in total. The van der Waals surface area contributed by atoms with Crippen molar-refractivity contribution in [2.75, 3.05) is 4.90 Å². The van der Waals surface area contributed by atoms with E-state index >= 15 is 0 Å². The first-order valence-corrected chi connectivity index (χ1v) is 24.0. The molecule has 3 aliphatic rings. The molecule has 0 saturated heterocycles. The molecule has 318 valence electrons. The predicted octanol–water partition coefficient (Wildman–Crippen LogP) is 18.0. The van der Waals surface area contributed by atoms with Crippen molar-refractivity contribution < 1.29 is 0 Å². The lowest BCUT2D eigenvalue weighted by Gasteiger charge is -2.32. The van der Waals surface area contributed by atoms with Gasteiger partial charge in [0.15, 0.2) is 0 Å². The summed E-state index contributed by atoms with van der Waals surface area (Å²) in [5.41, 5.74) is 21.2. The Bertz CT molecular complexity index is 3830. The summed E-state index contributed by atoms with van der Waals surface area (Å²) in [4.78, 5) is 2.48. The van der Waals surface area contributed by atoms with E-state index in [0.717, 1.165) is 29.9 Å². The largest absolute Gasteiger partial charge is 0.310 e. The molecule has 0 amide bonds. The van der Waals surface area contributed by atoms with E-state index in [1.165, 1.54) is 110 Å². The molecule has 11 aromatic carbocycles. The quantitative estimate of drug-likeness (QED) is 0.151. The van der Waals surface area contributed by atoms with Crippen LogP contribution < -0.4 is 4.90 Å². The maximum atomic E-state index is 2.50. The molecule has 3 aliphatic carbocycles. The topological polar surface area (TPSA) is 3.24 Å². The van der Waals surface area contributed by atoms with E-state index in [4.69, 9.17) is 0 Å². The van der Waals surface area contributed by atoms with Gasteiger partial charge in [0.1, 0.15) is 0 Å². The number of hydrogen-bond acceptors (Lipinski definition) is 1. The Morgan fingerprint density at radius 1 is 0.338 bits per heavy atom. The molecule has 0 saturated carbocycles. The number of fused-ring (bicyclic) bond motifs is 16. The van der Waals surface area contributed by atoms with Gasteiger partial charge >= 0.3 is 0 Å². The lowest BCUT2D eigenvalue weighted by Crippen LogP contribution is -2.26. The zero-order valence-electron chi connectivity index (χ0n) is 37.5. The van der Waals surface area contributed by atoms with E-state index in [1.807, 2.05) is 0 Å². The molecule has 0 unspecified atom stereocenters. The number of para-hydroxylation sites is 1. The van der Waals surface area contributed by atoms with Crippen LogP contribution in [0.3, 0.4) is 0 Å². The first-order valence-electron chi connectivity index (χ1n) is 24.0.